The molecule has 124 valence electrons. The van der Waals surface area contributed by atoms with Crippen LogP contribution in [0.15, 0.2) is 36.0 Å². The Morgan fingerprint density at radius 3 is 2.52 bits per heavy atom. The first-order chi connectivity index (χ1) is 11.1. The second-order valence-electron chi connectivity index (χ2n) is 4.97. The number of nitrogens with one attached hydrogen (secondary N) is 2. The van der Waals surface area contributed by atoms with Crippen LogP contribution in [-0.4, -0.2) is 37.0 Å². The van der Waals surface area contributed by atoms with Crippen LogP contribution in [0.4, 0.5) is 10.1 Å². The highest BCUT2D eigenvalue weighted by Crippen LogP contribution is 2.09. The highest BCUT2D eigenvalue weighted by Gasteiger charge is 2.09. The molecule has 0 bridgehead atoms. The minimum absolute atomic E-state index is 0.0165. The molecular weight excluding hydrogens is 295 g/mol. The molecule has 0 aromatic heterocycles. The summed E-state index contributed by atoms with van der Waals surface area (Å²) in [5.74, 6) is -0.899. The van der Waals surface area contributed by atoms with Gasteiger partial charge in [-0.2, -0.15) is 5.26 Å². The van der Waals surface area contributed by atoms with Gasteiger partial charge in [-0.3, -0.25) is 4.79 Å². The Labute approximate surface area is 136 Å². The van der Waals surface area contributed by atoms with Crippen LogP contribution in [0.1, 0.15) is 20.3 Å². The third kappa shape index (κ3) is 6.94. The van der Waals surface area contributed by atoms with E-state index >= 15 is 0 Å². The van der Waals surface area contributed by atoms with Gasteiger partial charge in [0.1, 0.15) is 17.5 Å². The van der Waals surface area contributed by atoms with Crippen LogP contribution in [0.5, 0.6) is 0 Å². The van der Waals surface area contributed by atoms with Gasteiger partial charge in [-0.1, -0.05) is 13.8 Å². The molecule has 0 aliphatic carbocycles. The van der Waals surface area contributed by atoms with E-state index in [1.807, 2.05) is 6.07 Å². The summed E-state index contributed by atoms with van der Waals surface area (Å²) < 4.78 is 12.8. The second-order valence-corrected chi connectivity index (χ2v) is 4.97. The molecule has 0 atom stereocenters. The van der Waals surface area contributed by atoms with Crippen LogP contribution in [0, 0.1) is 17.1 Å². The number of nitrogens with zero attached hydrogens (tertiary/aromatic N) is 2. The van der Waals surface area contributed by atoms with Crippen molar-refractivity contribution in [3.63, 3.8) is 0 Å². The number of carbonyl (C=O) groups is 1. The van der Waals surface area contributed by atoms with E-state index in [0.29, 0.717) is 12.2 Å². The van der Waals surface area contributed by atoms with Gasteiger partial charge in [-0.25, -0.2) is 4.39 Å². The van der Waals surface area contributed by atoms with Crippen molar-refractivity contribution in [1.82, 2.24) is 10.2 Å². The van der Waals surface area contributed by atoms with Crippen molar-refractivity contribution in [2.24, 2.45) is 0 Å². The van der Waals surface area contributed by atoms with Gasteiger partial charge in [0.2, 0.25) is 0 Å². The van der Waals surface area contributed by atoms with Gasteiger partial charge in [0, 0.05) is 18.4 Å². The lowest BCUT2D eigenvalue weighted by Gasteiger charge is -2.17. The van der Waals surface area contributed by atoms with E-state index in [2.05, 4.69) is 29.4 Å². The SMILES string of the molecule is CCN(CC)CCCN/C=C(/C#N)C(=O)Nc1ccc(F)cc1. The van der Waals surface area contributed by atoms with Crippen LogP contribution in [0.25, 0.3) is 0 Å². The third-order valence-corrected chi connectivity index (χ3v) is 3.40. The Hall–Kier alpha value is -2.39. The average molecular weight is 318 g/mol. The normalized spacial score (nSPS) is 11.2. The zero-order valence-corrected chi connectivity index (χ0v) is 13.6. The minimum atomic E-state index is -0.518. The summed E-state index contributed by atoms with van der Waals surface area (Å²) in [6.45, 7) is 7.91. The Morgan fingerprint density at radius 1 is 1.30 bits per heavy atom. The fraction of sp³-hybridized carbons (Fsp3) is 0.412. The highest BCUT2D eigenvalue weighted by molar-refractivity contribution is 6.06. The zero-order valence-electron chi connectivity index (χ0n) is 13.6. The molecule has 1 amide bonds. The third-order valence-electron chi connectivity index (χ3n) is 3.40. The van der Waals surface area contributed by atoms with E-state index in [1.54, 1.807) is 0 Å². The van der Waals surface area contributed by atoms with Gasteiger partial charge in [0.25, 0.3) is 5.91 Å². The van der Waals surface area contributed by atoms with Crippen molar-refractivity contribution >= 4 is 11.6 Å². The molecule has 0 fully saturated rings. The first-order valence-corrected chi connectivity index (χ1v) is 7.73. The summed E-state index contributed by atoms with van der Waals surface area (Å²) in [6.07, 6.45) is 2.34. The predicted molar refractivity (Wildman–Crippen MR) is 89.1 cm³/mol. The van der Waals surface area contributed by atoms with E-state index in [-0.39, 0.29) is 11.4 Å². The Morgan fingerprint density at radius 2 is 1.96 bits per heavy atom. The maximum Gasteiger partial charge on any atom is 0.267 e. The molecule has 0 aliphatic heterocycles. The van der Waals surface area contributed by atoms with Crippen LogP contribution in [0.3, 0.4) is 0 Å². The monoisotopic (exact) mass is 318 g/mol. The van der Waals surface area contributed by atoms with Crippen LogP contribution < -0.4 is 10.6 Å². The lowest BCUT2D eigenvalue weighted by molar-refractivity contribution is -0.112. The van der Waals surface area contributed by atoms with Crippen molar-refractivity contribution in [3.05, 3.63) is 41.9 Å². The maximum atomic E-state index is 12.8. The zero-order chi connectivity index (χ0) is 17.1. The molecule has 0 unspecified atom stereocenters. The molecule has 1 aromatic rings. The second kappa shape index (κ2) is 10.4. The summed E-state index contributed by atoms with van der Waals surface area (Å²) >= 11 is 0. The number of carbonyl (C=O) groups excluding carboxylic acids is 1. The molecule has 5 nitrogen and oxygen atoms in total. The molecule has 1 aromatic carbocycles. The number of hydrogen-bond donors (Lipinski definition) is 2. The number of anilines is 1. The first kappa shape index (κ1) is 18.7. The molecule has 0 saturated carbocycles. The van der Waals surface area contributed by atoms with Crippen molar-refractivity contribution in [3.8, 4) is 6.07 Å². The van der Waals surface area contributed by atoms with Crippen LogP contribution in [-0.2, 0) is 4.79 Å². The Kier molecular flexibility index (Phi) is 8.40. The van der Waals surface area contributed by atoms with E-state index in [4.69, 9.17) is 5.26 Å². The summed E-state index contributed by atoms with van der Waals surface area (Å²) in [5.41, 5.74) is 0.427. The van der Waals surface area contributed by atoms with Gasteiger partial charge >= 0.3 is 0 Å². The molecule has 0 radical (unpaired) electrons. The summed E-state index contributed by atoms with van der Waals surface area (Å²) in [7, 11) is 0. The van der Waals surface area contributed by atoms with Crippen LogP contribution in [0.2, 0.25) is 0 Å². The minimum Gasteiger partial charge on any atom is -0.390 e. The summed E-state index contributed by atoms with van der Waals surface area (Å²) in [6, 6.07) is 7.24. The number of amides is 1. The molecule has 0 heterocycles. The van der Waals surface area contributed by atoms with Gasteiger partial charge in [-0.15, -0.1) is 0 Å². The van der Waals surface area contributed by atoms with E-state index < -0.39 is 5.91 Å². The molecule has 0 spiro atoms. The van der Waals surface area contributed by atoms with Crippen molar-refractivity contribution in [2.75, 3.05) is 31.5 Å². The molecule has 0 saturated heterocycles. The number of halogens is 1. The van der Waals surface area contributed by atoms with Gasteiger partial charge < -0.3 is 15.5 Å². The molecule has 6 heteroatoms. The van der Waals surface area contributed by atoms with Gasteiger partial charge in [0.15, 0.2) is 0 Å². The van der Waals surface area contributed by atoms with Gasteiger partial charge in [-0.05, 0) is 50.3 Å². The average Bonchev–Trinajstić information content (AvgIpc) is 2.56. The number of benzene rings is 1. The Bertz CT molecular complexity index is 559. The smallest absolute Gasteiger partial charge is 0.267 e. The number of rotatable bonds is 9. The molecule has 23 heavy (non-hydrogen) atoms. The Balaban J connectivity index is 2.44. The van der Waals surface area contributed by atoms with Crippen molar-refractivity contribution < 1.29 is 9.18 Å². The fourth-order valence-electron chi connectivity index (χ4n) is 2.00. The molecule has 0 aliphatic rings. The summed E-state index contributed by atoms with van der Waals surface area (Å²) in [5, 5.41) is 14.6. The van der Waals surface area contributed by atoms with E-state index in [1.165, 1.54) is 30.5 Å². The first-order valence-electron chi connectivity index (χ1n) is 7.73. The molecule has 1 rings (SSSR count). The van der Waals surface area contributed by atoms with E-state index in [9.17, 15) is 9.18 Å². The van der Waals surface area contributed by atoms with Gasteiger partial charge in [0.05, 0.1) is 0 Å². The summed E-state index contributed by atoms with van der Waals surface area (Å²) in [4.78, 5) is 14.3. The maximum absolute atomic E-state index is 12.8. The number of hydrogen-bond acceptors (Lipinski definition) is 4. The number of nitriles is 1. The predicted octanol–water partition coefficient (Wildman–Crippen LogP) is 2.49. The fourth-order valence-corrected chi connectivity index (χ4v) is 2.00. The largest absolute Gasteiger partial charge is 0.390 e. The molecule has 2 N–H and O–H groups in total. The lowest BCUT2D eigenvalue weighted by Crippen LogP contribution is -2.26. The van der Waals surface area contributed by atoms with E-state index in [0.717, 1.165) is 26.1 Å². The molecular formula is C17H23FN4O. The standard InChI is InChI=1S/C17H23FN4O/c1-3-22(4-2)11-5-10-20-13-14(12-19)17(23)21-16-8-6-15(18)7-9-16/h6-9,13,20H,3-5,10-11H2,1-2H3,(H,21,23)/b14-13-. The van der Waals surface area contributed by atoms with Crippen molar-refractivity contribution in [1.29, 1.82) is 5.26 Å². The van der Waals surface area contributed by atoms with Crippen LogP contribution >= 0.6 is 0 Å². The lowest BCUT2D eigenvalue weighted by atomic mass is 10.2. The van der Waals surface area contributed by atoms with Crippen molar-refractivity contribution in [2.45, 2.75) is 20.3 Å². The highest BCUT2D eigenvalue weighted by atomic mass is 19.1. The quantitative estimate of drug-likeness (QED) is 0.417. The topological polar surface area (TPSA) is 68.2 Å².